The molecule has 3 heterocycles. The van der Waals surface area contributed by atoms with E-state index in [2.05, 4.69) is 25.7 Å². The van der Waals surface area contributed by atoms with Gasteiger partial charge in [0.15, 0.2) is 0 Å². The number of hydrogen-bond acceptors (Lipinski definition) is 5. The van der Waals surface area contributed by atoms with Crippen molar-refractivity contribution in [1.29, 1.82) is 0 Å². The fraction of sp³-hybridized carbons (Fsp3) is 0.429. The van der Waals surface area contributed by atoms with Crippen LogP contribution in [0.15, 0.2) is 30.5 Å². The molecule has 0 saturated carbocycles. The highest BCUT2D eigenvalue weighted by molar-refractivity contribution is 6.07. The number of aromatic nitrogens is 2. The number of carbonyl (C=O) groups excluding carboxylic acids is 2. The first-order chi connectivity index (χ1) is 14.4. The average molecular weight is 411 g/mol. The zero-order chi connectivity index (χ0) is 21.3. The fourth-order valence-corrected chi connectivity index (χ4v) is 4.61. The second-order valence-electron chi connectivity index (χ2n) is 8.11. The molecule has 30 heavy (non-hydrogen) atoms. The number of hydrogen-bond donors (Lipinski definition) is 4. The molecule has 0 spiro atoms. The SMILES string of the molecule is Cc1ccccc1C[C@@]1(C2CCN(Cc3cn[nH]c3C(=O)O)CC2)NC(=O)NC1=O. The summed E-state index contributed by atoms with van der Waals surface area (Å²) in [5.74, 6) is -1.31. The van der Waals surface area contributed by atoms with Gasteiger partial charge in [-0.2, -0.15) is 5.10 Å². The number of nitrogens with zero attached hydrogens (tertiary/aromatic N) is 2. The Hall–Kier alpha value is -3.20. The van der Waals surface area contributed by atoms with Crippen LogP contribution in [0, 0.1) is 12.8 Å². The molecule has 2 saturated heterocycles. The molecule has 1 aromatic carbocycles. The van der Waals surface area contributed by atoms with Crippen LogP contribution in [0.3, 0.4) is 0 Å². The van der Waals surface area contributed by atoms with E-state index in [4.69, 9.17) is 0 Å². The summed E-state index contributed by atoms with van der Waals surface area (Å²) in [4.78, 5) is 38.4. The van der Waals surface area contributed by atoms with Gasteiger partial charge in [-0.1, -0.05) is 24.3 Å². The van der Waals surface area contributed by atoms with Crippen LogP contribution < -0.4 is 10.6 Å². The summed E-state index contributed by atoms with van der Waals surface area (Å²) >= 11 is 0. The van der Waals surface area contributed by atoms with Crippen LogP contribution in [0.4, 0.5) is 4.79 Å². The van der Waals surface area contributed by atoms with E-state index >= 15 is 0 Å². The van der Waals surface area contributed by atoms with Gasteiger partial charge in [0.2, 0.25) is 0 Å². The topological polar surface area (TPSA) is 127 Å². The van der Waals surface area contributed by atoms with Crippen LogP contribution in [0.1, 0.15) is 40.0 Å². The molecule has 9 heteroatoms. The van der Waals surface area contributed by atoms with Crippen LogP contribution in [0.25, 0.3) is 0 Å². The van der Waals surface area contributed by atoms with Gasteiger partial charge in [0.05, 0.1) is 6.20 Å². The number of carboxylic acid groups (broad SMARTS) is 1. The maximum Gasteiger partial charge on any atom is 0.354 e. The van der Waals surface area contributed by atoms with Gasteiger partial charge >= 0.3 is 12.0 Å². The lowest BCUT2D eigenvalue weighted by molar-refractivity contribution is -0.126. The minimum absolute atomic E-state index is 0.0110. The molecule has 0 radical (unpaired) electrons. The molecular weight excluding hydrogens is 386 g/mol. The Kier molecular flexibility index (Phi) is 5.29. The maximum atomic E-state index is 12.9. The Bertz CT molecular complexity index is 979. The second kappa shape index (κ2) is 7.91. The Morgan fingerprint density at radius 2 is 1.97 bits per heavy atom. The summed E-state index contributed by atoms with van der Waals surface area (Å²) in [5.41, 5.74) is 1.92. The average Bonchev–Trinajstić information content (AvgIpc) is 3.29. The minimum Gasteiger partial charge on any atom is -0.477 e. The van der Waals surface area contributed by atoms with Gasteiger partial charge in [-0.25, -0.2) is 9.59 Å². The zero-order valence-electron chi connectivity index (χ0n) is 16.8. The predicted molar refractivity (Wildman–Crippen MR) is 108 cm³/mol. The van der Waals surface area contributed by atoms with Gasteiger partial charge in [-0.3, -0.25) is 20.1 Å². The molecule has 0 unspecified atom stereocenters. The van der Waals surface area contributed by atoms with E-state index in [1.54, 1.807) is 6.20 Å². The molecule has 0 aliphatic carbocycles. The largest absolute Gasteiger partial charge is 0.477 e. The van der Waals surface area contributed by atoms with Crippen molar-refractivity contribution in [3.63, 3.8) is 0 Å². The fourth-order valence-electron chi connectivity index (χ4n) is 4.61. The number of piperidine rings is 1. The Morgan fingerprint density at radius 3 is 2.60 bits per heavy atom. The first-order valence-electron chi connectivity index (χ1n) is 10.0. The summed E-state index contributed by atoms with van der Waals surface area (Å²) in [5, 5.41) is 21.0. The van der Waals surface area contributed by atoms with E-state index in [1.807, 2.05) is 31.2 Å². The Balaban J connectivity index is 1.49. The lowest BCUT2D eigenvalue weighted by Gasteiger charge is -2.41. The maximum absolute atomic E-state index is 12.9. The minimum atomic E-state index is -1.03. The normalized spacial score (nSPS) is 22.7. The van der Waals surface area contributed by atoms with Crippen molar-refractivity contribution in [2.45, 2.75) is 38.3 Å². The van der Waals surface area contributed by atoms with Crippen molar-refractivity contribution in [2.24, 2.45) is 5.92 Å². The van der Waals surface area contributed by atoms with Gasteiger partial charge < -0.3 is 10.4 Å². The summed E-state index contributed by atoms with van der Waals surface area (Å²) < 4.78 is 0. The zero-order valence-corrected chi connectivity index (χ0v) is 16.8. The van der Waals surface area contributed by atoms with E-state index in [1.165, 1.54) is 0 Å². The molecule has 2 aliphatic heterocycles. The number of benzene rings is 1. The van der Waals surface area contributed by atoms with Crippen molar-refractivity contribution in [1.82, 2.24) is 25.7 Å². The van der Waals surface area contributed by atoms with Crippen LogP contribution in [-0.4, -0.2) is 56.7 Å². The monoisotopic (exact) mass is 411 g/mol. The highest BCUT2D eigenvalue weighted by atomic mass is 16.4. The van der Waals surface area contributed by atoms with Crippen molar-refractivity contribution < 1.29 is 19.5 Å². The highest BCUT2D eigenvalue weighted by Gasteiger charge is 2.52. The van der Waals surface area contributed by atoms with Gasteiger partial charge in [-0.15, -0.1) is 0 Å². The lowest BCUT2D eigenvalue weighted by Crippen LogP contribution is -2.57. The number of aryl methyl sites for hydroxylation is 1. The summed E-state index contributed by atoms with van der Waals surface area (Å²) in [6.07, 6.45) is 3.44. The third-order valence-corrected chi connectivity index (χ3v) is 6.31. The molecule has 9 nitrogen and oxygen atoms in total. The number of rotatable bonds is 6. The van der Waals surface area contributed by atoms with Gasteiger partial charge in [0, 0.05) is 18.5 Å². The standard InChI is InChI=1S/C21H25N5O4/c1-13-4-2-3-5-14(13)10-21(19(29)23-20(30)24-21)16-6-8-26(9-7-16)12-15-11-22-25-17(15)18(27)28/h2-5,11,16H,6-10,12H2,1H3,(H,22,25)(H,27,28)(H2,23,24,29,30)/t21-/m0/s1. The number of urea groups is 1. The van der Waals surface area contributed by atoms with Gasteiger partial charge in [0.25, 0.3) is 5.91 Å². The van der Waals surface area contributed by atoms with Gasteiger partial charge in [0.1, 0.15) is 11.2 Å². The molecule has 2 aromatic rings. The van der Waals surface area contributed by atoms with E-state index in [0.29, 0.717) is 31.6 Å². The Labute approximate surface area is 173 Å². The molecule has 158 valence electrons. The number of carbonyl (C=O) groups is 3. The molecule has 2 fully saturated rings. The van der Waals surface area contributed by atoms with Crippen molar-refractivity contribution >= 4 is 17.9 Å². The van der Waals surface area contributed by atoms with Crippen molar-refractivity contribution in [3.8, 4) is 0 Å². The van der Waals surface area contributed by atoms with E-state index in [9.17, 15) is 19.5 Å². The Morgan fingerprint density at radius 1 is 1.23 bits per heavy atom. The van der Waals surface area contributed by atoms with E-state index in [0.717, 1.165) is 24.0 Å². The number of aromatic amines is 1. The molecule has 1 aromatic heterocycles. The molecular formula is C21H25N5O4. The summed E-state index contributed by atoms with van der Waals surface area (Å²) in [6, 6.07) is 7.46. The van der Waals surface area contributed by atoms with E-state index in [-0.39, 0.29) is 17.5 Å². The smallest absolute Gasteiger partial charge is 0.354 e. The van der Waals surface area contributed by atoms with E-state index < -0.39 is 17.5 Å². The summed E-state index contributed by atoms with van der Waals surface area (Å²) in [6.45, 7) is 3.89. The molecule has 4 rings (SSSR count). The molecule has 0 bridgehead atoms. The second-order valence-corrected chi connectivity index (χ2v) is 8.11. The number of amides is 3. The lowest BCUT2D eigenvalue weighted by atomic mass is 9.73. The number of H-pyrrole nitrogens is 1. The number of likely N-dealkylation sites (tertiary alicyclic amines) is 1. The predicted octanol–water partition coefficient (Wildman–Crippen LogP) is 1.45. The molecule has 3 amide bonds. The third kappa shape index (κ3) is 3.68. The first-order valence-corrected chi connectivity index (χ1v) is 10.0. The van der Waals surface area contributed by atoms with Crippen LogP contribution in [0.5, 0.6) is 0 Å². The molecule has 1 atom stereocenters. The van der Waals surface area contributed by atoms with Crippen molar-refractivity contribution in [2.75, 3.05) is 13.1 Å². The number of nitrogens with one attached hydrogen (secondary N) is 3. The number of imide groups is 1. The van der Waals surface area contributed by atoms with Crippen LogP contribution >= 0.6 is 0 Å². The number of aromatic carboxylic acids is 1. The van der Waals surface area contributed by atoms with Crippen LogP contribution in [0.2, 0.25) is 0 Å². The van der Waals surface area contributed by atoms with Gasteiger partial charge in [-0.05, 0) is 49.9 Å². The molecule has 4 N–H and O–H groups in total. The third-order valence-electron chi connectivity index (χ3n) is 6.31. The quantitative estimate of drug-likeness (QED) is 0.533. The summed E-state index contributed by atoms with van der Waals surface area (Å²) in [7, 11) is 0. The highest BCUT2D eigenvalue weighted by Crippen LogP contribution is 2.35. The first kappa shape index (κ1) is 20.1. The molecule has 2 aliphatic rings. The van der Waals surface area contributed by atoms with Crippen LogP contribution in [-0.2, 0) is 17.8 Å². The number of carboxylic acids is 1. The van der Waals surface area contributed by atoms with Crippen molar-refractivity contribution in [3.05, 3.63) is 52.8 Å².